The van der Waals surface area contributed by atoms with Crippen molar-refractivity contribution in [2.75, 3.05) is 26.2 Å². The Kier molecular flexibility index (Phi) is 5.75. The summed E-state index contributed by atoms with van der Waals surface area (Å²) in [5.41, 5.74) is 0.660. The number of aryl methyl sites for hydroxylation is 2. The normalized spacial score (nSPS) is 15.8. The second-order valence-corrected chi connectivity index (χ2v) is 12.1. The molecule has 1 aliphatic rings. The number of hydrogen-bond acceptors (Lipinski definition) is 7. The maximum absolute atomic E-state index is 12.8. The average Bonchev–Trinajstić information content (AvgIpc) is 3.28. The molecule has 0 spiro atoms. The van der Waals surface area contributed by atoms with Gasteiger partial charge in [0.1, 0.15) is 15.6 Å². The SMILES string of the molecule is Cc1sc2ncn(CC(=O)N3CCN(S(=O)(=O)c4ccc(Cl)s4)CC3)c(=O)c2c1C. The zero-order chi connectivity index (χ0) is 21.6. The number of nitrogens with zero attached hydrogens (tertiary/aromatic N) is 4. The van der Waals surface area contributed by atoms with Crippen LogP contribution in [0.3, 0.4) is 0 Å². The number of sulfonamides is 1. The molecule has 0 atom stereocenters. The molecule has 4 rings (SSSR count). The van der Waals surface area contributed by atoms with Gasteiger partial charge in [-0.05, 0) is 31.5 Å². The van der Waals surface area contributed by atoms with Gasteiger partial charge >= 0.3 is 0 Å². The van der Waals surface area contributed by atoms with Crippen molar-refractivity contribution in [1.29, 1.82) is 0 Å². The van der Waals surface area contributed by atoms with E-state index in [1.54, 1.807) is 11.0 Å². The minimum atomic E-state index is -3.62. The Morgan fingerprint density at radius 2 is 1.87 bits per heavy atom. The molecule has 8 nitrogen and oxygen atoms in total. The summed E-state index contributed by atoms with van der Waals surface area (Å²) < 4.78 is 28.7. The van der Waals surface area contributed by atoms with Gasteiger partial charge in [0, 0.05) is 31.1 Å². The molecule has 1 amide bonds. The number of fused-ring (bicyclic) bond motifs is 1. The van der Waals surface area contributed by atoms with Gasteiger partial charge in [-0.1, -0.05) is 11.6 Å². The van der Waals surface area contributed by atoms with Crippen LogP contribution in [0.5, 0.6) is 0 Å². The van der Waals surface area contributed by atoms with Crippen molar-refractivity contribution in [1.82, 2.24) is 18.8 Å². The first-order valence-corrected chi connectivity index (χ1v) is 12.6. The van der Waals surface area contributed by atoms with Gasteiger partial charge in [0.15, 0.2) is 0 Å². The molecule has 0 bridgehead atoms. The first-order valence-electron chi connectivity index (χ1n) is 9.17. The molecule has 0 saturated carbocycles. The second-order valence-electron chi connectivity index (χ2n) is 6.98. The fourth-order valence-electron chi connectivity index (χ4n) is 3.37. The molecule has 3 aromatic heterocycles. The van der Waals surface area contributed by atoms with E-state index in [2.05, 4.69) is 4.98 Å². The molecule has 0 N–H and O–H groups in total. The molecule has 0 aliphatic carbocycles. The number of halogens is 1. The van der Waals surface area contributed by atoms with E-state index in [4.69, 9.17) is 11.6 Å². The lowest BCUT2D eigenvalue weighted by molar-refractivity contribution is -0.133. The van der Waals surface area contributed by atoms with Gasteiger partial charge in [0.25, 0.3) is 15.6 Å². The molecule has 4 heterocycles. The van der Waals surface area contributed by atoms with Gasteiger partial charge in [0.2, 0.25) is 5.91 Å². The fourth-order valence-corrected chi connectivity index (χ4v) is 7.42. The molecule has 1 saturated heterocycles. The van der Waals surface area contributed by atoms with Crippen molar-refractivity contribution in [3.05, 3.63) is 43.6 Å². The number of thiophene rings is 2. The second kappa shape index (κ2) is 8.04. The highest BCUT2D eigenvalue weighted by atomic mass is 35.5. The zero-order valence-electron chi connectivity index (χ0n) is 16.3. The quantitative estimate of drug-likeness (QED) is 0.564. The third-order valence-electron chi connectivity index (χ3n) is 5.20. The molecule has 3 aromatic rings. The maximum Gasteiger partial charge on any atom is 0.262 e. The predicted molar refractivity (Wildman–Crippen MR) is 118 cm³/mol. The average molecular weight is 487 g/mol. The molecule has 0 radical (unpaired) electrons. The summed E-state index contributed by atoms with van der Waals surface area (Å²) in [7, 11) is -3.62. The van der Waals surface area contributed by atoms with Crippen LogP contribution in [0, 0.1) is 13.8 Å². The molecule has 1 fully saturated rings. The van der Waals surface area contributed by atoms with Gasteiger partial charge in [0.05, 0.1) is 16.0 Å². The Morgan fingerprint density at radius 1 is 1.17 bits per heavy atom. The summed E-state index contributed by atoms with van der Waals surface area (Å²) in [5, 5.41) is 0.554. The first-order chi connectivity index (χ1) is 14.2. The fraction of sp³-hybridized carbons (Fsp3) is 0.389. The van der Waals surface area contributed by atoms with Gasteiger partial charge in [-0.15, -0.1) is 22.7 Å². The van der Waals surface area contributed by atoms with Crippen LogP contribution >= 0.6 is 34.3 Å². The number of hydrogen-bond donors (Lipinski definition) is 0. The molecular weight excluding hydrogens is 468 g/mol. The number of aromatic nitrogens is 2. The maximum atomic E-state index is 12.8. The minimum absolute atomic E-state index is 0.122. The highest BCUT2D eigenvalue weighted by molar-refractivity contribution is 7.91. The number of amides is 1. The van der Waals surface area contributed by atoms with Crippen LogP contribution in [0.4, 0.5) is 0 Å². The van der Waals surface area contributed by atoms with E-state index in [1.807, 2.05) is 13.8 Å². The summed E-state index contributed by atoms with van der Waals surface area (Å²) in [6.07, 6.45) is 1.40. The Balaban J connectivity index is 1.45. The first kappa shape index (κ1) is 21.4. The monoisotopic (exact) mass is 486 g/mol. The summed E-state index contributed by atoms with van der Waals surface area (Å²) in [5.74, 6) is -0.237. The lowest BCUT2D eigenvalue weighted by Crippen LogP contribution is -2.51. The van der Waals surface area contributed by atoms with Crippen LogP contribution in [-0.2, 0) is 21.4 Å². The van der Waals surface area contributed by atoms with Crippen molar-refractivity contribution < 1.29 is 13.2 Å². The van der Waals surface area contributed by atoms with Gasteiger partial charge in [-0.25, -0.2) is 13.4 Å². The summed E-state index contributed by atoms with van der Waals surface area (Å²) in [6, 6.07) is 3.04. The molecule has 1 aliphatic heterocycles. The number of carbonyl (C=O) groups excluding carboxylic acids is 1. The molecule has 160 valence electrons. The van der Waals surface area contributed by atoms with E-state index in [9.17, 15) is 18.0 Å². The molecule has 0 unspecified atom stereocenters. The van der Waals surface area contributed by atoms with Gasteiger partial charge in [-0.3, -0.25) is 14.2 Å². The van der Waals surface area contributed by atoms with Crippen LogP contribution in [0.1, 0.15) is 10.4 Å². The molecular formula is C18H19ClN4O4S3. The summed E-state index contributed by atoms with van der Waals surface area (Å²) in [6.45, 7) is 4.61. The topological polar surface area (TPSA) is 92.6 Å². The highest BCUT2D eigenvalue weighted by Gasteiger charge is 2.31. The zero-order valence-corrected chi connectivity index (χ0v) is 19.5. The lowest BCUT2D eigenvalue weighted by Gasteiger charge is -2.33. The summed E-state index contributed by atoms with van der Waals surface area (Å²) >= 11 is 8.33. The van der Waals surface area contributed by atoms with E-state index < -0.39 is 10.0 Å². The number of piperazine rings is 1. The van der Waals surface area contributed by atoms with Gasteiger partial charge < -0.3 is 4.90 Å². The van der Waals surface area contributed by atoms with Crippen molar-refractivity contribution in [2.45, 2.75) is 24.6 Å². The number of rotatable bonds is 4. The van der Waals surface area contributed by atoms with Gasteiger partial charge in [-0.2, -0.15) is 4.31 Å². The Hall–Kier alpha value is -1.79. The molecule has 0 aromatic carbocycles. The Bertz CT molecular complexity index is 1290. The smallest absolute Gasteiger partial charge is 0.262 e. The number of carbonyl (C=O) groups is 1. The molecule has 12 heteroatoms. The Morgan fingerprint density at radius 3 is 2.50 bits per heavy atom. The van der Waals surface area contributed by atoms with Crippen molar-refractivity contribution in [3.63, 3.8) is 0 Å². The van der Waals surface area contributed by atoms with Crippen molar-refractivity contribution >= 4 is 60.4 Å². The highest BCUT2D eigenvalue weighted by Crippen LogP contribution is 2.29. The van der Waals surface area contributed by atoms with E-state index in [0.29, 0.717) is 14.6 Å². The van der Waals surface area contributed by atoms with E-state index >= 15 is 0 Å². The van der Waals surface area contributed by atoms with Crippen LogP contribution in [-0.4, -0.2) is 59.3 Å². The van der Waals surface area contributed by atoms with Crippen molar-refractivity contribution in [2.24, 2.45) is 0 Å². The molecule has 30 heavy (non-hydrogen) atoms. The third kappa shape index (κ3) is 3.80. The van der Waals surface area contributed by atoms with Crippen LogP contribution in [0.15, 0.2) is 27.5 Å². The lowest BCUT2D eigenvalue weighted by atomic mass is 10.2. The third-order valence-corrected chi connectivity index (χ3v) is 9.91. The van der Waals surface area contributed by atoms with Crippen molar-refractivity contribution in [3.8, 4) is 0 Å². The van der Waals surface area contributed by atoms with Crippen LogP contribution in [0.2, 0.25) is 4.34 Å². The predicted octanol–water partition coefficient (Wildman–Crippen LogP) is 2.32. The van der Waals surface area contributed by atoms with Crippen LogP contribution in [0.25, 0.3) is 10.2 Å². The van der Waals surface area contributed by atoms with E-state index in [0.717, 1.165) is 21.8 Å². The van der Waals surface area contributed by atoms with Crippen LogP contribution < -0.4 is 5.56 Å². The summed E-state index contributed by atoms with van der Waals surface area (Å²) in [4.78, 5) is 33.1. The van der Waals surface area contributed by atoms with E-state index in [-0.39, 0.29) is 48.4 Å². The largest absolute Gasteiger partial charge is 0.338 e. The minimum Gasteiger partial charge on any atom is -0.338 e. The standard InChI is InChI=1S/C18H19ClN4O4S3/c1-11-12(2)28-17-16(11)18(25)22(10-20-17)9-14(24)21-5-7-23(8-6-21)30(26,27)15-4-3-13(19)29-15/h3-4,10H,5-9H2,1-2H3. The Labute approximate surface area is 186 Å². The van der Waals surface area contributed by atoms with E-state index in [1.165, 1.54) is 32.6 Å².